The van der Waals surface area contributed by atoms with Crippen LogP contribution in [0.3, 0.4) is 0 Å². The van der Waals surface area contributed by atoms with E-state index in [9.17, 15) is 13.2 Å². The monoisotopic (exact) mass is 336 g/mol. The number of rotatable bonds is 2. The molecular formula is C16H20BF3N4. The van der Waals surface area contributed by atoms with Gasteiger partial charge in [0.1, 0.15) is 5.82 Å². The van der Waals surface area contributed by atoms with Gasteiger partial charge in [0.2, 0.25) is 0 Å². The lowest BCUT2D eigenvalue weighted by Gasteiger charge is -2.44. The van der Waals surface area contributed by atoms with Crippen molar-refractivity contribution in [1.29, 1.82) is 5.26 Å². The lowest BCUT2D eigenvalue weighted by atomic mass is 9.41. The first-order valence-corrected chi connectivity index (χ1v) is 8.22. The molecule has 0 radical (unpaired) electrons. The highest BCUT2D eigenvalue weighted by atomic mass is 19.3. The Morgan fingerprint density at radius 3 is 2.54 bits per heavy atom. The molecule has 1 unspecified atom stereocenters. The molecule has 2 N–H and O–H groups in total. The van der Waals surface area contributed by atoms with Crippen LogP contribution < -0.4 is 10.6 Å². The smallest absolute Gasteiger partial charge is 0.273 e. The second-order valence-corrected chi connectivity index (χ2v) is 6.62. The standard InChI is InChI=1S/C16H20BF3N4/c18-13-9-12(22)1-2-14(13)23-5-7-24(8-6-23)15-3-4-17(11-21)10-16(15,19)20/h1-2,9,15H,3-8,10,22H2. The van der Waals surface area contributed by atoms with Crippen molar-refractivity contribution < 1.29 is 13.2 Å². The number of alkyl halides is 2. The number of halogens is 3. The highest BCUT2D eigenvalue weighted by Gasteiger charge is 2.49. The van der Waals surface area contributed by atoms with Crippen molar-refractivity contribution in [3.63, 3.8) is 0 Å². The Balaban J connectivity index is 1.64. The van der Waals surface area contributed by atoms with Crippen molar-refractivity contribution in [2.45, 2.75) is 31.0 Å². The normalized spacial score (nSPS) is 24.7. The molecule has 4 nitrogen and oxygen atoms in total. The second-order valence-electron chi connectivity index (χ2n) is 6.62. The van der Waals surface area contributed by atoms with E-state index in [2.05, 4.69) is 0 Å². The summed E-state index contributed by atoms with van der Waals surface area (Å²) in [4.78, 5) is 3.66. The van der Waals surface area contributed by atoms with Gasteiger partial charge in [0.15, 0.2) is 0 Å². The van der Waals surface area contributed by atoms with Crippen LogP contribution in [0.15, 0.2) is 18.2 Å². The molecule has 1 aromatic carbocycles. The van der Waals surface area contributed by atoms with Crippen LogP contribution in [0.2, 0.25) is 12.6 Å². The summed E-state index contributed by atoms with van der Waals surface area (Å²) in [5, 5.41) is 8.88. The molecule has 0 spiro atoms. The molecule has 24 heavy (non-hydrogen) atoms. The van der Waals surface area contributed by atoms with Gasteiger partial charge < -0.3 is 10.6 Å². The van der Waals surface area contributed by atoms with Crippen LogP contribution in [0.25, 0.3) is 0 Å². The van der Waals surface area contributed by atoms with E-state index in [1.165, 1.54) is 6.07 Å². The van der Waals surface area contributed by atoms with Crippen LogP contribution in [0.5, 0.6) is 0 Å². The van der Waals surface area contributed by atoms with Gasteiger partial charge in [-0.2, -0.15) is 0 Å². The predicted molar refractivity (Wildman–Crippen MR) is 88.9 cm³/mol. The lowest BCUT2D eigenvalue weighted by molar-refractivity contribution is -0.0739. The quantitative estimate of drug-likeness (QED) is 0.666. The van der Waals surface area contributed by atoms with Crippen molar-refractivity contribution in [2.75, 3.05) is 36.8 Å². The number of hydrogen-bond donors (Lipinski definition) is 1. The minimum absolute atomic E-state index is 0.335. The Morgan fingerprint density at radius 1 is 1.25 bits per heavy atom. The Bertz CT molecular complexity index is 641. The van der Waals surface area contributed by atoms with Gasteiger partial charge in [-0.15, -0.1) is 0 Å². The maximum absolute atomic E-state index is 14.3. The average Bonchev–Trinajstić information content (AvgIpc) is 2.54. The largest absolute Gasteiger partial charge is 0.399 e. The van der Waals surface area contributed by atoms with Crippen LogP contribution in [0.4, 0.5) is 24.5 Å². The van der Waals surface area contributed by atoms with E-state index < -0.39 is 18.7 Å². The molecule has 2 fully saturated rings. The number of benzene rings is 1. The van der Waals surface area contributed by atoms with Crippen LogP contribution in [-0.2, 0) is 0 Å². The van der Waals surface area contributed by atoms with Gasteiger partial charge >= 0.3 is 0 Å². The fourth-order valence-corrected chi connectivity index (χ4v) is 3.75. The zero-order valence-electron chi connectivity index (χ0n) is 13.4. The van der Waals surface area contributed by atoms with Gasteiger partial charge in [-0.25, -0.2) is 18.4 Å². The highest BCUT2D eigenvalue weighted by Crippen LogP contribution is 2.38. The van der Waals surface area contributed by atoms with Crippen molar-refractivity contribution in [1.82, 2.24) is 4.90 Å². The van der Waals surface area contributed by atoms with Crippen molar-refractivity contribution in [2.24, 2.45) is 0 Å². The number of hydrogen-bond acceptors (Lipinski definition) is 4. The summed E-state index contributed by atoms with van der Waals surface area (Å²) in [6.07, 6.45) is 0.492. The van der Waals surface area contributed by atoms with E-state index in [1.54, 1.807) is 17.0 Å². The molecule has 0 aromatic heterocycles. The molecule has 0 saturated carbocycles. The van der Waals surface area contributed by atoms with Crippen molar-refractivity contribution >= 4 is 18.1 Å². The molecule has 0 bridgehead atoms. The summed E-state index contributed by atoms with van der Waals surface area (Å²) >= 11 is 0. The molecule has 2 saturated heterocycles. The van der Waals surface area contributed by atoms with Gasteiger partial charge in [-0.1, -0.05) is 6.32 Å². The fraction of sp³-hybridized carbons (Fsp3) is 0.562. The molecule has 1 atom stereocenters. The third-order valence-electron chi connectivity index (χ3n) is 5.04. The number of nitrogens with two attached hydrogens (primary N) is 1. The average molecular weight is 336 g/mol. The van der Waals surface area contributed by atoms with E-state index in [0.717, 1.165) is 0 Å². The van der Waals surface area contributed by atoms with Crippen molar-refractivity contribution in [3.05, 3.63) is 24.0 Å². The number of anilines is 2. The van der Waals surface area contributed by atoms with Crippen LogP contribution in [0.1, 0.15) is 6.42 Å². The van der Waals surface area contributed by atoms with E-state index >= 15 is 0 Å². The van der Waals surface area contributed by atoms with Gasteiger partial charge in [-0.3, -0.25) is 4.90 Å². The first-order chi connectivity index (χ1) is 11.4. The molecule has 8 heteroatoms. The summed E-state index contributed by atoms with van der Waals surface area (Å²) in [7, 11) is 0. The summed E-state index contributed by atoms with van der Waals surface area (Å²) < 4.78 is 42.7. The third kappa shape index (κ3) is 3.31. The predicted octanol–water partition coefficient (Wildman–Crippen LogP) is 2.50. The summed E-state index contributed by atoms with van der Waals surface area (Å²) in [5.74, 6) is -1.26. The Morgan fingerprint density at radius 2 is 1.96 bits per heavy atom. The van der Waals surface area contributed by atoms with E-state index in [4.69, 9.17) is 11.0 Å². The first-order valence-electron chi connectivity index (χ1n) is 8.22. The molecule has 128 valence electrons. The van der Waals surface area contributed by atoms with E-state index in [0.29, 0.717) is 50.3 Å². The summed E-state index contributed by atoms with van der Waals surface area (Å²) in [6, 6.07) is 3.73. The zero-order chi connectivity index (χ0) is 17.3. The maximum Gasteiger partial charge on any atom is 0.273 e. The van der Waals surface area contributed by atoms with E-state index in [1.807, 2.05) is 10.9 Å². The molecule has 1 aromatic rings. The summed E-state index contributed by atoms with van der Waals surface area (Å²) in [5.41, 5.74) is 6.38. The van der Waals surface area contributed by atoms with Crippen LogP contribution in [-0.4, -0.2) is 49.8 Å². The molecule has 2 aliphatic rings. The number of nitrogen functional groups attached to an aromatic ring is 1. The molecule has 0 amide bonds. The fourth-order valence-electron chi connectivity index (χ4n) is 3.75. The SMILES string of the molecule is N#CB1CCC(N2CCN(c3ccc(N)cc3F)CC2)C(F)(F)C1. The third-order valence-corrected chi connectivity index (χ3v) is 5.04. The Kier molecular flexibility index (Phi) is 4.63. The van der Waals surface area contributed by atoms with Gasteiger partial charge in [-0.05, 0) is 24.6 Å². The summed E-state index contributed by atoms with van der Waals surface area (Å²) in [6.45, 7) is 1.36. The molecular weight excluding hydrogens is 316 g/mol. The van der Waals surface area contributed by atoms with Gasteiger partial charge in [0, 0.05) is 44.2 Å². The minimum atomic E-state index is -2.84. The number of piperazine rings is 1. The lowest BCUT2D eigenvalue weighted by Crippen LogP contribution is -2.58. The van der Waals surface area contributed by atoms with Crippen molar-refractivity contribution in [3.8, 4) is 5.97 Å². The van der Waals surface area contributed by atoms with E-state index in [-0.39, 0.29) is 12.1 Å². The number of nitriles is 1. The minimum Gasteiger partial charge on any atom is -0.399 e. The van der Waals surface area contributed by atoms with Crippen LogP contribution in [0, 0.1) is 17.0 Å². The molecule has 0 aliphatic carbocycles. The topological polar surface area (TPSA) is 56.3 Å². The van der Waals surface area contributed by atoms with Gasteiger partial charge in [0.05, 0.1) is 11.7 Å². The van der Waals surface area contributed by atoms with Gasteiger partial charge in [0.25, 0.3) is 12.6 Å². The molecule has 2 aliphatic heterocycles. The van der Waals surface area contributed by atoms with Crippen LogP contribution >= 0.6 is 0 Å². The number of nitrogens with zero attached hydrogens (tertiary/aromatic N) is 3. The first kappa shape index (κ1) is 17.0. The second kappa shape index (κ2) is 6.56. The highest BCUT2D eigenvalue weighted by molar-refractivity contribution is 6.67. The molecule has 2 heterocycles. The Hall–Kier alpha value is -1.88. The Labute approximate surface area is 140 Å². The zero-order valence-corrected chi connectivity index (χ0v) is 13.4. The molecule has 3 rings (SSSR count). The maximum atomic E-state index is 14.3.